The van der Waals surface area contributed by atoms with Crippen LogP contribution in [-0.4, -0.2) is 9.97 Å². The predicted molar refractivity (Wildman–Crippen MR) is 66.7 cm³/mol. The van der Waals surface area contributed by atoms with Crippen molar-refractivity contribution in [2.45, 2.75) is 20.5 Å². The van der Waals surface area contributed by atoms with Crippen LogP contribution in [0.25, 0.3) is 0 Å². The van der Waals surface area contributed by atoms with E-state index in [2.05, 4.69) is 9.97 Å². The fraction of sp³-hybridized carbons (Fsp3) is 0.231. The minimum Gasteiger partial charge on any atom is -0.486 e. The number of hydrogen-bond donors (Lipinski definition) is 1. The number of rotatable bonds is 3. The van der Waals surface area contributed by atoms with Crippen molar-refractivity contribution < 1.29 is 4.74 Å². The molecule has 0 saturated heterocycles. The normalized spacial score (nSPS) is 10.2. The molecule has 2 aromatic rings. The third-order valence-corrected chi connectivity index (χ3v) is 2.58. The summed E-state index contributed by atoms with van der Waals surface area (Å²) in [6, 6.07) is 9.57. The Morgan fingerprint density at radius 3 is 2.47 bits per heavy atom. The van der Waals surface area contributed by atoms with Gasteiger partial charge >= 0.3 is 0 Å². The molecule has 2 N–H and O–H groups in total. The molecule has 0 amide bonds. The average molecular weight is 229 g/mol. The molecule has 88 valence electrons. The van der Waals surface area contributed by atoms with Crippen LogP contribution in [0.1, 0.15) is 17.1 Å². The quantitative estimate of drug-likeness (QED) is 0.876. The molecule has 0 aliphatic rings. The second-order valence-corrected chi connectivity index (χ2v) is 3.84. The third kappa shape index (κ3) is 2.72. The van der Waals surface area contributed by atoms with E-state index in [9.17, 15) is 0 Å². The molecule has 1 aromatic heterocycles. The Morgan fingerprint density at radius 1 is 1.12 bits per heavy atom. The van der Waals surface area contributed by atoms with Crippen LogP contribution in [0.15, 0.2) is 30.3 Å². The summed E-state index contributed by atoms with van der Waals surface area (Å²) in [5.41, 5.74) is 7.60. The van der Waals surface area contributed by atoms with Crippen molar-refractivity contribution in [1.29, 1.82) is 0 Å². The average Bonchev–Trinajstić information content (AvgIpc) is 2.34. The molecule has 0 bridgehead atoms. The number of aromatic nitrogens is 2. The number of nitrogens with zero attached hydrogens (tertiary/aromatic N) is 2. The Balaban J connectivity index is 2.10. The summed E-state index contributed by atoms with van der Waals surface area (Å²) in [5.74, 6) is 1.92. The molecule has 0 radical (unpaired) electrons. The van der Waals surface area contributed by atoms with E-state index in [1.165, 1.54) is 0 Å². The lowest BCUT2D eigenvalue weighted by Crippen LogP contribution is -2.07. The lowest BCUT2D eigenvalue weighted by Gasteiger charge is -2.08. The van der Waals surface area contributed by atoms with E-state index in [1.807, 2.05) is 44.2 Å². The second kappa shape index (κ2) is 4.82. The fourth-order valence-corrected chi connectivity index (χ4v) is 1.44. The van der Waals surface area contributed by atoms with Gasteiger partial charge in [-0.05, 0) is 26.0 Å². The Morgan fingerprint density at radius 2 is 1.82 bits per heavy atom. The highest BCUT2D eigenvalue weighted by Gasteiger charge is 2.05. The number of benzene rings is 1. The Kier molecular flexibility index (Phi) is 3.23. The largest absolute Gasteiger partial charge is 0.486 e. The summed E-state index contributed by atoms with van der Waals surface area (Å²) in [7, 11) is 0. The number of hydrogen-bond acceptors (Lipinski definition) is 4. The topological polar surface area (TPSA) is 61.0 Å². The molecular weight excluding hydrogens is 214 g/mol. The summed E-state index contributed by atoms with van der Waals surface area (Å²) >= 11 is 0. The van der Waals surface area contributed by atoms with Crippen LogP contribution >= 0.6 is 0 Å². The number of aryl methyl sites for hydroxylation is 1. The lowest BCUT2D eigenvalue weighted by molar-refractivity contribution is 0.295. The van der Waals surface area contributed by atoms with Crippen LogP contribution in [-0.2, 0) is 6.61 Å². The van der Waals surface area contributed by atoms with E-state index >= 15 is 0 Å². The highest BCUT2D eigenvalue weighted by molar-refractivity contribution is 5.40. The zero-order valence-corrected chi connectivity index (χ0v) is 9.97. The van der Waals surface area contributed by atoms with Crippen molar-refractivity contribution in [3.63, 3.8) is 0 Å². The summed E-state index contributed by atoms with van der Waals surface area (Å²) in [6.07, 6.45) is 0. The molecule has 1 aromatic carbocycles. The molecule has 0 atom stereocenters. The first kappa shape index (κ1) is 11.4. The first-order valence-electron chi connectivity index (χ1n) is 5.44. The van der Waals surface area contributed by atoms with Crippen molar-refractivity contribution in [1.82, 2.24) is 9.97 Å². The molecule has 0 spiro atoms. The molecule has 17 heavy (non-hydrogen) atoms. The molecule has 0 fully saturated rings. The molecule has 4 heteroatoms. The lowest BCUT2D eigenvalue weighted by atomic mass is 10.2. The van der Waals surface area contributed by atoms with Crippen molar-refractivity contribution in [2.24, 2.45) is 0 Å². The standard InChI is InChI=1S/C13H15N3O/c1-9-10(2)15-12(16-13(9)14)8-17-11-6-4-3-5-7-11/h3-7H,8H2,1-2H3,(H2,14,15,16). The van der Waals surface area contributed by atoms with Crippen LogP contribution < -0.4 is 10.5 Å². The van der Waals surface area contributed by atoms with Gasteiger partial charge in [0, 0.05) is 11.3 Å². The van der Waals surface area contributed by atoms with Crippen molar-refractivity contribution in [2.75, 3.05) is 5.73 Å². The molecule has 0 unspecified atom stereocenters. The summed E-state index contributed by atoms with van der Waals surface area (Å²) < 4.78 is 5.56. The van der Waals surface area contributed by atoms with Gasteiger partial charge < -0.3 is 10.5 Å². The first-order chi connectivity index (χ1) is 8.16. The number of anilines is 1. The molecule has 4 nitrogen and oxygen atoms in total. The van der Waals surface area contributed by atoms with E-state index in [0.29, 0.717) is 18.2 Å². The van der Waals surface area contributed by atoms with Gasteiger partial charge in [0.25, 0.3) is 0 Å². The first-order valence-corrected chi connectivity index (χ1v) is 5.44. The van der Waals surface area contributed by atoms with Gasteiger partial charge in [-0.1, -0.05) is 18.2 Å². The van der Waals surface area contributed by atoms with Gasteiger partial charge in [0.15, 0.2) is 5.82 Å². The smallest absolute Gasteiger partial charge is 0.168 e. The van der Waals surface area contributed by atoms with Crippen molar-refractivity contribution in [3.05, 3.63) is 47.4 Å². The molecule has 1 heterocycles. The summed E-state index contributed by atoms with van der Waals surface area (Å²) in [6.45, 7) is 4.15. The van der Waals surface area contributed by atoms with Crippen LogP contribution in [0, 0.1) is 13.8 Å². The number of nitrogen functional groups attached to an aromatic ring is 1. The monoisotopic (exact) mass is 229 g/mol. The minimum atomic E-state index is 0.329. The van der Waals surface area contributed by atoms with E-state index in [0.717, 1.165) is 17.0 Å². The van der Waals surface area contributed by atoms with Gasteiger partial charge in [-0.15, -0.1) is 0 Å². The minimum absolute atomic E-state index is 0.329. The maximum Gasteiger partial charge on any atom is 0.168 e. The number of ether oxygens (including phenoxy) is 1. The maximum absolute atomic E-state index is 5.78. The Labute approximate surface area is 100 Å². The van der Waals surface area contributed by atoms with Gasteiger partial charge in [-0.2, -0.15) is 0 Å². The van der Waals surface area contributed by atoms with E-state index in [4.69, 9.17) is 10.5 Å². The van der Waals surface area contributed by atoms with Gasteiger partial charge in [0.2, 0.25) is 0 Å². The highest BCUT2D eigenvalue weighted by Crippen LogP contribution is 2.13. The fourth-order valence-electron chi connectivity index (χ4n) is 1.44. The molecule has 0 saturated carbocycles. The van der Waals surface area contributed by atoms with Crippen LogP contribution in [0.4, 0.5) is 5.82 Å². The number of para-hydroxylation sites is 1. The maximum atomic E-state index is 5.78. The van der Waals surface area contributed by atoms with Crippen LogP contribution in [0.3, 0.4) is 0 Å². The van der Waals surface area contributed by atoms with E-state index in [-0.39, 0.29) is 0 Å². The Hall–Kier alpha value is -2.10. The zero-order valence-electron chi connectivity index (χ0n) is 9.97. The third-order valence-electron chi connectivity index (χ3n) is 2.58. The molecule has 2 rings (SSSR count). The van der Waals surface area contributed by atoms with Crippen molar-refractivity contribution in [3.8, 4) is 5.75 Å². The number of nitrogens with two attached hydrogens (primary N) is 1. The van der Waals surface area contributed by atoms with Crippen LogP contribution in [0.5, 0.6) is 5.75 Å². The van der Waals surface area contributed by atoms with Gasteiger partial charge in [-0.25, -0.2) is 9.97 Å². The molecular formula is C13H15N3O. The van der Waals surface area contributed by atoms with Crippen molar-refractivity contribution >= 4 is 5.82 Å². The van der Waals surface area contributed by atoms with Gasteiger partial charge in [0.05, 0.1) is 0 Å². The molecule has 0 aliphatic heterocycles. The highest BCUT2D eigenvalue weighted by atomic mass is 16.5. The summed E-state index contributed by atoms with van der Waals surface area (Å²) in [5, 5.41) is 0. The van der Waals surface area contributed by atoms with E-state index < -0.39 is 0 Å². The van der Waals surface area contributed by atoms with E-state index in [1.54, 1.807) is 0 Å². The second-order valence-electron chi connectivity index (χ2n) is 3.84. The Bertz CT molecular complexity index is 488. The summed E-state index contributed by atoms with van der Waals surface area (Å²) in [4.78, 5) is 8.52. The van der Waals surface area contributed by atoms with Crippen LogP contribution in [0.2, 0.25) is 0 Å². The zero-order chi connectivity index (χ0) is 12.3. The SMILES string of the molecule is Cc1nc(COc2ccccc2)nc(N)c1C. The predicted octanol–water partition coefficient (Wildman–Crippen LogP) is 2.25. The van der Waals surface area contributed by atoms with Gasteiger partial charge in [0.1, 0.15) is 18.2 Å². The molecule has 0 aliphatic carbocycles. The van der Waals surface area contributed by atoms with Gasteiger partial charge in [-0.3, -0.25) is 0 Å².